The molecule has 2 unspecified atom stereocenters. The van der Waals surface area contributed by atoms with E-state index in [2.05, 4.69) is 4.72 Å². The van der Waals surface area contributed by atoms with Crippen LogP contribution < -0.4 is 9.46 Å². The number of likely N-dealkylation sites (tertiary alicyclic amines) is 1. The molecular formula is C16H23N3O4S. The number of hydrogen-bond acceptors (Lipinski definition) is 4. The maximum atomic E-state index is 12.7. The van der Waals surface area contributed by atoms with E-state index in [0.29, 0.717) is 25.3 Å². The van der Waals surface area contributed by atoms with Gasteiger partial charge in [0.1, 0.15) is 11.8 Å². The molecule has 1 aromatic carbocycles. The van der Waals surface area contributed by atoms with Crippen LogP contribution in [0, 0.1) is 0 Å². The molecule has 0 radical (unpaired) electrons. The van der Waals surface area contributed by atoms with Crippen LogP contribution in [0.4, 0.5) is 0 Å². The second-order valence-electron chi connectivity index (χ2n) is 6.25. The maximum Gasteiger partial charge on any atom is 0.280 e. The van der Waals surface area contributed by atoms with Crippen LogP contribution in [0.5, 0.6) is 5.75 Å². The molecule has 2 fully saturated rings. The highest BCUT2D eigenvalue weighted by atomic mass is 32.2. The Kier molecular flexibility index (Phi) is 4.80. The Labute approximate surface area is 142 Å². The molecule has 1 N–H and O–H groups in total. The van der Waals surface area contributed by atoms with Crippen molar-refractivity contribution >= 4 is 16.1 Å². The molecule has 24 heavy (non-hydrogen) atoms. The number of carbonyl (C=O) groups excluding carboxylic acids is 1. The summed E-state index contributed by atoms with van der Waals surface area (Å²) >= 11 is 0. The van der Waals surface area contributed by atoms with Crippen LogP contribution in [-0.4, -0.2) is 56.8 Å². The van der Waals surface area contributed by atoms with Gasteiger partial charge in [-0.2, -0.15) is 17.4 Å². The number of carbonyl (C=O) groups is 1. The highest BCUT2D eigenvalue weighted by Gasteiger charge is 2.42. The molecule has 2 aliphatic heterocycles. The van der Waals surface area contributed by atoms with Gasteiger partial charge in [0.05, 0.1) is 7.11 Å². The third-order valence-corrected chi connectivity index (χ3v) is 6.38. The summed E-state index contributed by atoms with van der Waals surface area (Å²) < 4.78 is 33.8. The third-order valence-electron chi connectivity index (χ3n) is 4.79. The molecule has 8 heteroatoms. The predicted octanol–water partition coefficient (Wildman–Crippen LogP) is 0.897. The summed E-state index contributed by atoms with van der Waals surface area (Å²) in [5.41, 5.74) is 0.826. The fourth-order valence-corrected chi connectivity index (χ4v) is 4.56. The molecule has 0 saturated carbocycles. The molecule has 3 rings (SSSR count). The van der Waals surface area contributed by atoms with Crippen molar-refractivity contribution in [2.45, 2.75) is 31.3 Å². The quantitative estimate of drug-likeness (QED) is 0.876. The molecule has 0 spiro atoms. The van der Waals surface area contributed by atoms with Gasteiger partial charge in [-0.25, -0.2) is 0 Å². The van der Waals surface area contributed by atoms with Gasteiger partial charge in [0.25, 0.3) is 10.2 Å². The van der Waals surface area contributed by atoms with Gasteiger partial charge in [0.2, 0.25) is 5.91 Å². The number of amides is 1. The number of methoxy groups -OCH3 is 1. The topological polar surface area (TPSA) is 79.0 Å². The van der Waals surface area contributed by atoms with Crippen LogP contribution in [0.2, 0.25) is 0 Å². The van der Waals surface area contributed by atoms with Crippen LogP contribution in [-0.2, 0) is 15.0 Å². The molecule has 2 heterocycles. The first-order valence-electron chi connectivity index (χ1n) is 8.10. The zero-order valence-corrected chi connectivity index (χ0v) is 14.8. The average molecular weight is 353 g/mol. The summed E-state index contributed by atoms with van der Waals surface area (Å²) in [6.45, 7) is 1.42. The molecule has 0 aromatic heterocycles. The summed E-state index contributed by atoms with van der Waals surface area (Å²) in [5.74, 6) is 0.609. The fraction of sp³-hybridized carbons (Fsp3) is 0.562. The Balaban J connectivity index is 1.85. The van der Waals surface area contributed by atoms with Gasteiger partial charge >= 0.3 is 0 Å². The molecule has 1 aromatic rings. The first kappa shape index (κ1) is 17.2. The van der Waals surface area contributed by atoms with Crippen LogP contribution in [0.15, 0.2) is 24.3 Å². The molecular weight excluding hydrogens is 330 g/mol. The van der Waals surface area contributed by atoms with E-state index < -0.39 is 22.3 Å². The number of likely N-dealkylation sites (N-methyl/N-ethyl adjacent to an activating group) is 1. The molecule has 0 bridgehead atoms. The Morgan fingerprint density at radius 1 is 1.21 bits per heavy atom. The number of hydrogen-bond donors (Lipinski definition) is 1. The van der Waals surface area contributed by atoms with Crippen LogP contribution in [0.1, 0.15) is 30.9 Å². The highest BCUT2D eigenvalue weighted by Crippen LogP contribution is 2.30. The summed E-state index contributed by atoms with van der Waals surface area (Å²) in [6.07, 6.45) is 2.38. The first-order valence-corrected chi connectivity index (χ1v) is 9.54. The zero-order valence-electron chi connectivity index (χ0n) is 13.9. The molecule has 2 atom stereocenters. The van der Waals surface area contributed by atoms with E-state index >= 15 is 0 Å². The van der Waals surface area contributed by atoms with E-state index in [4.69, 9.17) is 4.74 Å². The normalized spacial score (nSPS) is 27.2. The number of rotatable bonds is 3. The van der Waals surface area contributed by atoms with Crippen LogP contribution >= 0.6 is 0 Å². The van der Waals surface area contributed by atoms with Gasteiger partial charge < -0.3 is 9.64 Å². The number of benzene rings is 1. The first-order chi connectivity index (χ1) is 11.4. The van der Waals surface area contributed by atoms with Gasteiger partial charge in [-0.1, -0.05) is 12.1 Å². The smallest absolute Gasteiger partial charge is 0.280 e. The SMILES string of the molecule is COc1ccc(C2CC(C(=O)N3CCCC3)N(C)S(=O)(=O)N2)cc1. The standard InChI is InChI=1S/C16H23N3O4S/c1-18-15(16(20)19-9-3-4-10-19)11-14(17-24(18,21)22)12-5-7-13(23-2)8-6-12/h5-8,14-15,17H,3-4,9-11H2,1-2H3. The third kappa shape index (κ3) is 3.26. The van der Waals surface area contributed by atoms with E-state index in [1.54, 1.807) is 24.1 Å². The van der Waals surface area contributed by atoms with Crippen molar-refractivity contribution in [1.29, 1.82) is 0 Å². The summed E-state index contributed by atoms with van der Waals surface area (Å²) in [7, 11) is -0.649. The van der Waals surface area contributed by atoms with Crippen molar-refractivity contribution in [2.75, 3.05) is 27.2 Å². The van der Waals surface area contributed by atoms with E-state index in [1.807, 2.05) is 12.1 Å². The van der Waals surface area contributed by atoms with Crippen molar-refractivity contribution in [1.82, 2.24) is 13.9 Å². The monoisotopic (exact) mass is 353 g/mol. The lowest BCUT2D eigenvalue weighted by Gasteiger charge is -2.37. The summed E-state index contributed by atoms with van der Waals surface area (Å²) in [4.78, 5) is 14.5. The largest absolute Gasteiger partial charge is 0.497 e. The minimum absolute atomic E-state index is 0.0985. The number of nitrogens with one attached hydrogen (secondary N) is 1. The zero-order chi connectivity index (χ0) is 17.3. The Bertz CT molecular complexity index is 699. The Hall–Kier alpha value is -1.64. The van der Waals surface area contributed by atoms with Crippen molar-refractivity contribution < 1.29 is 17.9 Å². The minimum atomic E-state index is -3.69. The van der Waals surface area contributed by atoms with Gasteiger partial charge in [0, 0.05) is 26.2 Å². The number of ether oxygens (including phenoxy) is 1. The molecule has 0 aliphatic carbocycles. The van der Waals surface area contributed by atoms with E-state index in [1.165, 1.54) is 7.05 Å². The molecule has 2 saturated heterocycles. The van der Waals surface area contributed by atoms with Gasteiger partial charge in [0.15, 0.2) is 0 Å². The van der Waals surface area contributed by atoms with Gasteiger partial charge in [-0.15, -0.1) is 0 Å². The van der Waals surface area contributed by atoms with Crippen molar-refractivity contribution in [3.8, 4) is 5.75 Å². The van der Waals surface area contributed by atoms with Crippen LogP contribution in [0.25, 0.3) is 0 Å². The summed E-state index contributed by atoms with van der Waals surface area (Å²) in [5, 5.41) is 0. The van der Waals surface area contributed by atoms with E-state index in [0.717, 1.165) is 22.7 Å². The van der Waals surface area contributed by atoms with Gasteiger partial charge in [-0.05, 0) is 37.0 Å². The lowest BCUT2D eigenvalue weighted by atomic mass is 9.99. The maximum absolute atomic E-state index is 12.7. The molecule has 2 aliphatic rings. The van der Waals surface area contributed by atoms with Crippen LogP contribution in [0.3, 0.4) is 0 Å². The predicted molar refractivity (Wildman–Crippen MR) is 89.8 cm³/mol. The highest BCUT2D eigenvalue weighted by molar-refractivity contribution is 7.87. The lowest BCUT2D eigenvalue weighted by Crippen LogP contribution is -2.57. The van der Waals surface area contributed by atoms with E-state index in [-0.39, 0.29) is 5.91 Å². The van der Waals surface area contributed by atoms with Gasteiger partial charge in [-0.3, -0.25) is 4.79 Å². The average Bonchev–Trinajstić information content (AvgIpc) is 3.11. The Morgan fingerprint density at radius 3 is 2.42 bits per heavy atom. The molecule has 7 nitrogen and oxygen atoms in total. The molecule has 132 valence electrons. The fourth-order valence-electron chi connectivity index (χ4n) is 3.30. The minimum Gasteiger partial charge on any atom is -0.497 e. The van der Waals surface area contributed by atoms with Crippen molar-refractivity contribution in [2.24, 2.45) is 0 Å². The van der Waals surface area contributed by atoms with Crippen molar-refractivity contribution in [3.63, 3.8) is 0 Å². The second-order valence-corrected chi connectivity index (χ2v) is 8.01. The second kappa shape index (κ2) is 6.70. The summed E-state index contributed by atoms with van der Waals surface area (Å²) in [6, 6.07) is 6.15. The molecule has 1 amide bonds. The Morgan fingerprint density at radius 2 is 1.83 bits per heavy atom. The van der Waals surface area contributed by atoms with E-state index in [9.17, 15) is 13.2 Å². The van der Waals surface area contributed by atoms with Crippen molar-refractivity contribution in [3.05, 3.63) is 29.8 Å². The number of nitrogens with zero attached hydrogens (tertiary/aromatic N) is 2. The lowest BCUT2D eigenvalue weighted by molar-refractivity contribution is -0.134.